The molecule has 1 heterocycles. The molecule has 2 aromatic carbocycles. The molecular weight excluding hydrogens is 349 g/mol. The minimum Gasteiger partial charge on any atom is -0.504 e. The van der Waals surface area contributed by atoms with Gasteiger partial charge in [0.25, 0.3) is 0 Å². The third-order valence-corrected chi connectivity index (χ3v) is 3.74. The summed E-state index contributed by atoms with van der Waals surface area (Å²) in [6.07, 6.45) is -3.51. The van der Waals surface area contributed by atoms with Crippen molar-refractivity contribution >= 4 is 23.5 Å². The predicted octanol–water partition coefficient (Wildman–Crippen LogP) is 4.39. The molecule has 0 fully saturated rings. The topological polar surface area (TPSA) is 66.8 Å². The molecule has 1 aliphatic rings. The van der Waals surface area contributed by atoms with Crippen LogP contribution in [0, 0.1) is 0 Å². The van der Waals surface area contributed by atoms with Crippen molar-refractivity contribution in [3.05, 3.63) is 57.8 Å². The van der Waals surface area contributed by atoms with E-state index in [2.05, 4.69) is 0 Å². The summed E-state index contributed by atoms with van der Waals surface area (Å²) in [5.74, 6) is -2.32. The summed E-state index contributed by atoms with van der Waals surface area (Å²) in [5, 5.41) is 19.1. The van der Waals surface area contributed by atoms with Crippen molar-refractivity contribution in [2.45, 2.75) is 6.18 Å². The summed E-state index contributed by atoms with van der Waals surface area (Å²) in [6, 6.07) is 5.01. The number of hydrogen-bond acceptors (Lipinski definition) is 4. The van der Waals surface area contributed by atoms with Gasteiger partial charge in [0, 0.05) is 5.02 Å². The van der Waals surface area contributed by atoms with Gasteiger partial charge in [0.2, 0.25) is 11.5 Å². The zero-order valence-corrected chi connectivity index (χ0v) is 12.4. The van der Waals surface area contributed by atoms with Crippen molar-refractivity contribution in [2.24, 2.45) is 0 Å². The lowest BCUT2D eigenvalue weighted by Crippen LogP contribution is -2.05. The zero-order valence-electron chi connectivity index (χ0n) is 11.7. The number of carbonyl (C=O) groups is 1. The first-order chi connectivity index (χ1) is 11.2. The van der Waals surface area contributed by atoms with Crippen LogP contribution < -0.4 is 4.74 Å². The van der Waals surface area contributed by atoms with E-state index in [9.17, 15) is 28.2 Å². The first kappa shape index (κ1) is 16.2. The first-order valence-corrected chi connectivity index (χ1v) is 6.92. The molecule has 1 aliphatic heterocycles. The quantitative estimate of drug-likeness (QED) is 0.587. The molecule has 0 saturated heterocycles. The highest BCUT2D eigenvalue weighted by Gasteiger charge is 2.33. The van der Waals surface area contributed by atoms with Crippen LogP contribution in [0.15, 0.2) is 36.1 Å². The van der Waals surface area contributed by atoms with Crippen molar-refractivity contribution in [2.75, 3.05) is 0 Å². The van der Waals surface area contributed by atoms with Gasteiger partial charge in [-0.1, -0.05) is 11.6 Å². The predicted molar refractivity (Wildman–Crippen MR) is 79.2 cm³/mol. The van der Waals surface area contributed by atoms with Crippen molar-refractivity contribution in [1.29, 1.82) is 0 Å². The maximum absolute atomic E-state index is 12.8. The van der Waals surface area contributed by atoms with E-state index in [1.807, 2.05) is 0 Å². The normalized spacial score (nSPS) is 15.5. The maximum Gasteiger partial charge on any atom is 0.416 e. The number of phenols is 2. The van der Waals surface area contributed by atoms with Crippen molar-refractivity contribution in [3.8, 4) is 17.2 Å². The number of alkyl halides is 3. The van der Waals surface area contributed by atoms with Gasteiger partial charge in [-0.25, -0.2) is 0 Å². The van der Waals surface area contributed by atoms with E-state index in [0.29, 0.717) is 0 Å². The third-order valence-electron chi connectivity index (χ3n) is 3.40. The number of benzene rings is 2. The molecule has 0 aromatic heterocycles. The Morgan fingerprint density at radius 2 is 1.83 bits per heavy atom. The van der Waals surface area contributed by atoms with Crippen molar-refractivity contribution < 1.29 is 32.9 Å². The number of phenolic OH excluding ortho intramolecular Hbond substituents is 2. The van der Waals surface area contributed by atoms with Crippen molar-refractivity contribution in [3.63, 3.8) is 0 Å². The van der Waals surface area contributed by atoms with Gasteiger partial charge in [0.15, 0.2) is 17.3 Å². The molecule has 0 unspecified atom stereocenters. The highest BCUT2D eigenvalue weighted by atomic mass is 35.5. The number of allylic oxidation sites excluding steroid dienone is 1. The second kappa shape index (κ2) is 5.45. The monoisotopic (exact) mass is 356 g/mol. The van der Waals surface area contributed by atoms with E-state index in [1.54, 1.807) is 0 Å². The van der Waals surface area contributed by atoms with Crippen LogP contribution in [0.4, 0.5) is 13.2 Å². The van der Waals surface area contributed by atoms with Crippen LogP contribution in [0.2, 0.25) is 5.02 Å². The van der Waals surface area contributed by atoms with E-state index in [4.69, 9.17) is 16.3 Å². The molecule has 0 saturated carbocycles. The third kappa shape index (κ3) is 2.67. The number of halogens is 4. The molecule has 0 radical (unpaired) electrons. The van der Waals surface area contributed by atoms with Crippen molar-refractivity contribution in [1.82, 2.24) is 0 Å². The number of carbonyl (C=O) groups excluding carboxylic acids is 1. The number of aromatic hydroxyl groups is 2. The standard InChI is InChI=1S/C16H8ClF3O4/c17-10-3-1-8(16(18,19)20)5-7(10)6-12-13(22)9-2-4-11(21)14(23)15(9)24-12/h1-6,21,23H/b12-6-. The molecule has 124 valence electrons. The van der Waals surface area contributed by atoms with Crippen LogP contribution in [0.5, 0.6) is 17.2 Å². The molecule has 0 spiro atoms. The molecule has 8 heteroatoms. The van der Waals surface area contributed by atoms with E-state index >= 15 is 0 Å². The lowest BCUT2D eigenvalue weighted by Gasteiger charge is -2.08. The summed E-state index contributed by atoms with van der Waals surface area (Å²) in [6.45, 7) is 0. The second-order valence-electron chi connectivity index (χ2n) is 4.98. The fourth-order valence-corrected chi connectivity index (χ4v) is 2.37. The summed E-state index contributed by atoms with van der Waals surface area (Å²) in [7, 11) is 0. The van der Waals surface area contributed by atoms with Gasteiger partial charge in [-0.3, -0.25) is 4.79 Å². The number of Topliss-reactive ketones (excluding diaryl/α,β-unsaturated/α-hetero) is 1. The number of fused-ring (bicyclic) bond motifs is 1. The van der Waals surface area contributed by atoms with Gasteiger partial charge in [-0.15, -0.1) is 0 Å². The Morgan fingerprint density at radius 3 is 2.50 bits per heavy atom. The smallest absolute Gasteiger partial charge is 0.416 e. The van der Waals surface area contributed by atoms with Crippen LogP contribution in [0.1, 0.15) is 21.5 Å². The lowest BCUT2D eigenvalue weighted by atomic mass is 10.1. The Kier molecular flexibility index (Phi) is 3.68. The van der Waals surface area contributed by atoms with Gasteiger partial charge >= 0.3 is 6.18 Å². The average Bonchev–Trinajstić information content (AvgIpc) is 2.81. The van der Waals surface area contributed by atoms with Gasteiger partial charge in [0.1, 0.15) is 0 Å². The van der Waals surface area contributed by atoms with Gasteiger partial charge < -0.3 is 14.9 Å². The highest BCUT2D eigenvalue weighted by molar-refractivity contribution is 6.32. The fourth-order valence-electron chi connectivity index (χ4n) is 2.20. The number of ketones is 1. The molecule has 0 atom stereocenters. The number of rotatable bonds is 1. The highest BCUT2D eigenvalue weighted by Crippen LogP contribution is 2.44. The van der Waals surface area contributed by atoms with Gasteiger partial charge in [0.05, 0.1) is 11.1 Å². The summed E-state index contributed by atoms with van der Waals surface area (Å²) < 4.78 is 43.5. The molecule has 4 nitrogen and oxygen atoms in total. The molecule has 0 aliphatic carbocycles. The second-order valence-corrected chi connectivity index (χ2v) is 5.39. The largest absolute Gasteiger partial charge is 0.504 e. The van der Waals surface area contributed by atoms with Gasteiger partial charge in [-0.05, 0) is 42.0 Å². The molecule has 0 bridgehead atoms. The summed E-state index contributed by atoms with van der Waals surface area (Å²) >= 11 is 5.87. The minimum atomic E-state index is -4.56. The Labute approximate surface area is 138 Å². The lowest BCUT2D eigenvalue weighted by molar-refractivity contribution is -0.137. The van der Waals surface area contributed by atoms with Crippen LogP contribution in [-0.2, 0) is 6.18 Å². The fraction of sp³-hybridized carbons (Fsp3) is 0.0625. The van der Waals surface area contributed by atoms with E-state index < -0.39 is 29.0 Å². The van der Waals surface area contributed by atoms with Crippen LogP contribution in [-0.4, -0.2) is 16.0 Å². The molecule has 3 rings (SSSR count). The number of ether oxygens (including phenoxy) is 1. The number of hydrogen-bond donors (Lipinski definition) is 2. The summed E-state index contributed by atoms with van der Waals surface area (Å²) in [4.78, 5) is 12.2. The summed E-state index contributed by atoms with van der Waals surface area (Å²) in [5.41, 5.74) is -1.01. The Balaban J connectivity index is 2.05. The Hall–Kier alpha value is -2.67. The van der Waals surface area contributed by atoms with E-state index in [0.717, 1.165) is 30.3 Å². The molecular formula is C16H8ClF3O4. The Morgan fingerprint density at radius 1 is 1.12 bits per heavy atom. The first-order valence-electron chi connectivity index (χ1n) is 6.54. The maximum atomic E-state index is 12.8. The molecule has 2 aromatic rings. The van der Waals surface area contributed by atoms with E-state index in [-0.39, 0.29) is 27.7 Å². The minimum absolute atomic E-state index is 0.00470. The Bertz CT molecular complexity index is 888. The zero-order chi connectivity index (χ0) is 17.6. The van der Waals surface area contributed by atoms with E-state index in [1.165, 1.54) is 6.07 Å². The average molecular weight is 357 g/mol. The van der Waals surface area contributed by atoms with Crippen LogP contribution in [0.25, 0.3) is 6.08 Å². The van der Waals surface area contributed by atoms with Crippen LogP contribution in [0.3, 0.4) is 0 Å². The molecule has 0 amide bonds. The van der Waals surface area contributed by atoms with Crippen LogP contribution >= 0.6 is 11.6 Å². The van der Waals surface area contributed by atoms with Gasteiger partial charge in [-0.2, -0.15) is 13.2 Å². The molecule has 2 N–H and O–H groups in total. The SMILES string of the molecule is O=C1/C(=C/c2cc(C(F)(F)F)ccc2Cl)Oc2c1ccc(O)c2O. The molecule has 24 heavy (non-hydrogen) atoms.